The molecule has 0 aromatic heterocycles. The summed E-state index contributed by atoms with van der Waals surface area (Å²) in [6.45, 7) is 2.63. The molecule has 19 nitrogen and oxygen atoms in total. The van der Waals surface area contributed by atoms with E-state index in [1.54, 1.807) is 0 Å². The smallest absolute Gasteiger partial charge is 0.320 e. The quantitative estimate of drug-likeness (QED) is 0.0372. The number of nitrogens with one attached hydrogen (secondary N) is 2. The van der Waals surface area contributed by atoms with Gasteiger partial charge in [0.15, 0.2) is 0 Å². The van der Waals surface area contributed by atoms with Crippen molar-refractivity contribution < 1.29 is 77.7 Å². The molecule has 3 atom stereocenters. The first-order valence-electron chi connectivity index (χ1n) is 24.3. The normalized spacial score (nSPS) is 12.6. The van der Waals surface area contributed by atoms with Crippen LogP contribution in [0.4, 0.5) is 0 Å². The van der Waals surface area contributed by atoms with Gasteiger partial charge in [-0.3, -0.25) is 38.4 Å². The average Bonchev–Trinajstić information content (AvgIpc) is 3.26. The average molecular weight is 946 g/mol. The molecule has 0 radical (unpaired) electrons. The maximum Gasteiger partial charge on any atom is 0.320 e. The second kappa shape index (κ2) is 43.5. The first-order chi connectivity index (χ1) is 31.7. The predicted octanol–water partition coefficient (Wildman–Crippen LogP) is 5.46. The van der Waals surface area contributed by atoms with Crippen LogP contribution in [0.25, 0.3) is 0 Å². The predicted molar refractivity (Wildman–Crippen MR) is 245 cm³/mol. The van der Waals surface area contributed by atoms with Crippen molar-refractivity contribution in [3.63, 3.8) is 0 Å². The highest BCUT2D eigenvalue weighted by Gasteiger charge is 2.23. The summed E-state index contributed by atoms with van der Waals surface area (Å²) in [5, 5.41) is 41.8. The number of Topliss-reactive ketones (excluding diaryl/α,β-unsaturated/α-hetero) is 2. The van der Waals surface area contributed by atoms with Crippen LogP contribution in [0.3, 0.4) is 0 Å². The van der Waals surface area contributed by atoms with Crippen LogP contribution in [0.15, 0.2) is 0 Å². The molecular weight excluding hydrogens is 863 g/mol. The van der Waals surface area contributed by atoms with Crippen molar-refractivity contribution in [1.29, 1.82) is 0 Å². The number of nitrogens with two attached hydrogens (primary N) is 1. The molecule has 0 aliphatic heterocycles. The molecule has 0 aliphatic carbocycles. The van der Waals surface area contributed by atoms with E-state index in [1.165, 1.54) is 44.9 Å². The van der Waals surface area contributed by atoms with Gasteiger partial charge in [-0.1, -0.05) is 77.0 Å². The van der Waals surface area contributed by atoms with Crippen molar-refractivity contribution in [2.75, 3.05) is 65.9 Å². The molecule has 0 heterocycles. The summed E-state index contributed by atoms with van der Waals surface area (Å²) in [5.41, 5.74) is 5.43. The molecule has 0 saturated carbocycles. The van der Waals surface area contributed by atoms with E-state index < -0.39 is 41.8 Å². The van der Waals surface area contributed by atoms with Gasteiger partial charge in [0.25, 0.3) is 0 Å². The number of hydrogen-bond acceptors (Lipinski definition) is 13. The summed E-state index contributed by atoms with van der Waals surface area (Å²) in [4.78, 5) is 93.6. The molecule has 2 amide bonds. The Balaban J connectivity index is 3.74. The van der Waals surface area contributed by atoms with Crippen LogP contribution in [-0.4, -0.2) is 140 Å². The molecule has 0 aromatic rings. The van der Waals surface area contributed by atoms with Crippen molar-refractivity contribution in [3.05, 3.63) is 0 Å². The van der Waals surface area contributed by atoms with Crippen molar-refractivity contribution in [2.24, 2.45) is 17.6 Å². The molecule has 0 bridgehead atoms. The maximum atomic E-state index is 12.4. The second-order valence-corrected chi connectivity index (χ2v) is 16.8. The highest BCUT2D eigenvalue weighted by molar-refractivity contribution is 5.85. The van der Waals surface area contributed by atoms with E-state index in [9.17, 15) is 48.6 Å². The Bertz CT molecular complexity index is 1350. The topological polar surface area (TPSA) is 304 Å². The van der Waals surface area contributed by atoms with Crippen LogP contribution < -0.4 is 16.4 Å². The Morgan fingerprint density at radius 1 is 0.379 bits per heavy atom. The van der Waals surface area contributed by atoms with Crippen molar-refractivity contribution >= 4 is 47.3 Å². The number of ether oxygens (including phenoxy) is 4. The van der Waals surface area contributed by atoms with Gasteiger partial charge < -0.3 is 55.7 Å². The number of aliphatic carboxylic acids is 4. The SMILES string of the molecule is N[C@@H](CCCCNC(=O)CC[C@H](CC(=O)CCOCCOCCOCCOCCNC(=O)CC[C@H](CC(=O)CCCCCCCCCCCCCCCCC(=O)O)C(=O)O)C(=O)O)C(=O)O. The van der Waals surface area contributed by atoms with E-state index in [2.05, 4.69) is 10.6 Å². The number of carbonyl (C=O) groups excluding carboxylic acids is 4. The lowest BCUT2D eigenvalue weighted by Gasteiger charge is -2.12. The summed E-state index contributed by atoms with van der Waals surface area (Å²) < 4.78 is 21.7. The highest BCUT2D eigenvalue weighted by atomic mass is 16.6. The van der Waals surface area contributed by atoms with Crippen LogP contribution in [0.1, 0.15) is 167 Å². The minimum atomic E-state index is -1.16. The van der Waals surface area contributed by atoms with E-state index in [4.69, 9.17) is 34.9 Å². The zero-order valence-corrected chi connectivity index (χ0v) is 39.5. The van der Waals surface area contributed by atoms with E-state index in [0.29, 0.717) is 52.2 Å². The van der Waals surface area contributed by atoms with Crippen LogP contribution >= 0.6 is 0 Å². The molecule has 0 saturated heterocycles. The third kappa shape index (κ3) is 41.4. The Morgan fingerprint density at radius 3 is 1.18 bits per heavy atom. The van der Waals surface area contributed by atoms with E-state index in [1.807, 2.05) is 0 Å². The number of ketones is 2. The number of rotatable bonds is 50. The third-order valence-electron chi connectivity index (χ3n) is 11.0. The van der Waals surface area contributed by atoms with Crippen molar-refractivity contribution in [2.45, 2.75) is 173 Å². The molecule has 0 fully saturated rings. The van der Waals surface area contributed by atoms with Crippen molar-refractivity contribution in [3.8, 4) is 0 Å². The molecule has 0 spiro atoms. The number of amides is 2. The molecule has 0 aliphatic rings. The van der Waals surface area contributed by atoms with Crippen LogP contribution in [0.5, 0.6) is 0 Å². The van der Waals surface area contributed by atoms with Crippen LogP contribution in [0, 0.1) is 11.8 Å². The zero-order valence-electron chi connectivity index (χ0n) is 39.5. The van der Waals surface area contributed by atoms with Gasteiger partial charge in [0.1, 0.15) is 17.6 Å². The van der Waals surface area contributed by atoms with Crippen LogP contribution in [0.2, 0.25) is 0 Å². The molecule has 19 heteroatoms. The van der Waals surface area contributed by atoms with Gasteiger partial charge in [0.2, 0.25) is 11.8 Å². The fourth-order valence-corrected chi connectivity index (χ4v) is 6.94. The zero-order chi connectivity index (χ0) is 49.0. The molecule has 0 aromatic carbocycles. The Hall–Kier alpha value is -4.04. The first-order valence-corrected chi connectivity index (χ1v) is 24.3. The fourth-order valence-electron chi connectivity index (χ4n) is 6.94. The molecule has 0 unspecified atom stereocenters. The first kappa shape index (κ1) is 62.0. The van der Waals surface area contributed by atoms with Gasteiger partial charge in [-0.2, -0.15) is 0 Å². The number of hydrogen-bond donors (Lipinski definition) is 7. The number of carboxylic acids is 4. The highest BCUT2D eigenvalue weighted by Crippen LogP contribution is 2.18. The van der Waals surface area contributed by atoms with Crippen LogP contribution in [-0.2, 0) is 57.3 Å². The Morgan fingerprint density at radius 2 is 0.758 bits per heavy atom. The Kier molecular flexibility index (Phi) is 40.9. The van der Waals surface area contributed by atoms with E-state index in [0.717, 1.165) is 44.9 Å². The molecular formula is C47H83N3O16. The number of carbonyl (C=O) groups is 8. The minimum absolute atomic E-state index is 0.00135. The summed E-state index contributed by atoms with van der Waals surface area (Å²) in [5.74, 6) is -6.93. The van der Waals surface area contributed by atoms with E-state index >= 15 is 0 Å². The lowest BCUT2D eigenvalue weighted by molar-refractivity contribution is -0.145. The second-order valence-electron chi connectivity index (χ2n) is 16.8. The van der Waals surface area contributed by atoms with Gasteiger partial charge in [-0.15, -0.1) is 0 Å². The van der Waals surface area contributed by atoms with Gasteiger partial charge >= 0.3 is 23.9 Å². The lowest BCUT2D eigenvalue weighted by Crippen LogP contribution is -2.30. The summed E-state index contributed by atoms with van der Waals surface area (Å²) >= 11 is 0. The lowest BCUT2D eigenvalue weighted by atomic mass is 9.94. The fraction of sp³-hybridized carbons (Fsp3) is 0.830. The summed E-state index contributed by atoms with van der Waals surface area (Å²) in [6.07, 6.45) is 17.0. The molecule has 66 heavy (non-hydrogen) atoms. The van der Waals surface area contributed by atoms with Crippen molar-refractivity contribution in [1.82, 2.24) is 10.6 Å². The van der Waals surface area contributed by atoms with E-state index in [-0.39, 0.29) is 114 Å². The molecule has 8 N–H and O–H groups in total. The number of unbranched alkanes of at least 4 members (excludes halogenated alkanes) is 14. The Labute approximate surface area is 391 Å². The minimum Gasteiger partial charge on any atom is -0.481 e. The number of carboxylic acid groups (broad SMARTS) is 4. The van der Waals surface area contributed by atoms with Gasteiger partial charge in [-0.25, -0.2) is 0 Å². The standard InChI is InChI=1S/C47H83N3O16/c48-41(47(61)62)18-15-16-25-49-42(53)22-20-38(46(59)60)36-40(52)24-27-63-29-31-65-33-34-66-32-30-64-28-26-50-43(54)23-21-37(45(57)58)35-39(51)17-13-11-9-7-5-3-1-2-4-6-8-10-12-14-19-44(55)56/h37-38,41H,1-36,48H2,(H,49,53)(H,50,54)(H,55,56)(H,57,58)(H,59,60)(H,61,62)/t37-,38-,41+/m1/s1. The maximum absolute atomic E-state index is 12.4. The van der Waals surface area contributed by atoms with Gasteiger partial charge in [-0.05, 0) is 44.9 Å². The van der Waals surface area contributed by atoms with Gasteiger partial charge in [0.05, 0.1) is 64.7 Å². The third-order valence-corrected chi connectivity index (χ3v) is 11.0. The largest absolute Gasteiger partial charge is 0.481 e. The monoisotopic (exact) mass is 946 g/mol. The molecule has 382 valence electrons. The molecule has 0 rings (SSSR count). The van der Waals surface area contributed by atoms with Gasteiger partial charge in [0, 0.05) is 58.0 Å². The summed E-state index contributed by atoms with van der Waals surface area (Å²) in [7, 11) is 0. The summed E-state index contributed by atoms with van der Waals surface area (Å²) in [6, 6.07) is -0.946.